The van der Waals surface area contributed by atoms with Gasteiger partial charge in [-0.3, -0.25) is 0 Å². The number of aromatic hydroxyl groups is 2. The smallest absolute Gasteiger partial charge is 0.339 e. The average Bonchev–Trinajstić information content (AvgIpc) is 2.17. The van der Waals surface area contributed by atoms with Crippen molar-refractivity contribution in [1.29, 1.82) is 0 Å². The third-order valence-electron chi connectivity index (χ3n) is 1.84. The first-order valence-corrected chi connectivity index (χ1v) is 4.43. The number of phenols is 2. The van der Waals surface area contributed by atoms with E-state index in [4.69, 9.17) is 0 Å². The maximum Gasteiger partial charge on any atom is 0.339 e. The molecule has 0 fully saturated rings. The van der Waals surface area contributed by atoms with Gasteiger partial charge in [-0.1, -0.05) is 6.07 Å². The Morgan fingerprint density at radius 1 is 1.40 bits per heavy atom. The van der Waals surface area contributed by atoms with E-state index >= 15 is 0 Å². The lowest BCUT2D eigenvalue weighted by Gasteiger charge is -2.12. The Kier molecular flexibility index (Phi) is 3.51. The molecule has 0 aliphatic carbocycles. The largest absolute Gasteiger partial charge is 0.507 e. The van der Waals surface area contributed by atoms with E-state index in [0.717, 1.165) is 0 Å². The second-order valence-corrected chi connectivity index (χ2v) is 2.86. The van der Waals surface area contributed by atoms with E-state index in [0.29, 0.717) is 0 Å². The van der Waals surface area contributed by atoms with Crippen molar-refractivity contribution in [2.75, 3.05) is 6.61 Å². The number of rotatable bonds is 3. The van der Waals surface area contributed by atoms with Gasteiger partial charge in [0.15, 0.2) is 6.10 Å². The molecule has 0 saturated heterocycles. The van der Waals surface area contributed by atoms with Crippen molar-refractivity contribution in [1.82, 2.24) is 0 Å². The molecule has 0 aliphatic rings. The molecule has 0 amide bonds. The highest BCUT2D eigenvalue weighted by Gasteiger charge is 2.24. The Balaban J connectivity index is 3.00. The molecule has 1 unspecified atom stereocenters. The summed E-state index contributed by atoms with van der Waals surface area (Å²) in [6.07, 6.45) is -1.67. The number of aliphatic hydroxyl groups is 1. The highest BCUT2D eigenvalue weighted by molar-refractivity contribution is 5.78. The van der Waals surface area contributed by atoms with Gasteiger partial charge in [-0.2, -0.15) is 0 Å². The Labute approximate surface area is 86.5 Å². The van der Waals surface area contributed by atoms with Gasteiger partial charge >= 0.3 is 5.97 Å². The van der Waals surface area contributed by atoms with E-state index in [1.54, 1.807) is 6.92 Å². The number of aliphatic hydroxyl groups excluding tert-OH is 1. The summed E-state index contributed by atoms with van der Waals surface area (Å²) in [5.74, 6) is -1.61. The highest BCUT2D eigenvalue weighted by Crippen LogP contribution is 2.32. The zero-order valence-corrected chi connectivity index (χ0v) is 8.17. The van der Waals surface area contributed by atoms with Crippen molar-refractivity contribution in [2.24, 2.45) is 0 Å². The number of carbonyl (C=O) groups is 1. The first kappa shape index (κ1) is 11.3. The quantitative estimate of drug-likeness (QED) is 0.642. The fourth-order valence-corrected chi connectivity index (χ4v) is 1.16. The van der Waals surface area contributed by atoms with Gasteiger partial charge in [-0.25, -0.2) is 4.79 Å². The van der Waals surface area contributed by atoms with Crippen LogP contribution >= 0.6 is 0 Å². The number of esters is 1. The van der Waals surface area contributed by atoms with E-state index in [9.17, 15) is 20.1 Å². The number of hydrogen-bond donors (Lipinski definition) is 3. The van der Waals surface area contributed by atoms with Gasteiger partial charge in [-0.15, -0.1) is 0 Å². The first-order valence-electron chi connectivity index (χ1n) is 4.43. The molecule has 0 aliphatic heterocycles. The predicted octanol–water partition coefficient (Wildman–Crippen LogP) is 0.694. The molecule has 1 aromatic rings. The summed E-state index contributed by atoms with van der Waals surface area (Å²) in [7, 11) is 0. The molecule has 1 atom stereocenters. The van der Waals surface area contributed by atoms with Crippen LogP contribution in [0, 0.1) is 0 Å². The fourth-order valence-electron chi connectivity index (χ4n) is 1.16. The van der Waals surface area contributed by atoms with Crippen molar-refractivity contribution in [2.45, 2.75) is 13.0 Å². The molecular formula is C10H12O5. The van der Waals surface area contributed by atoms with Gasteiger partial charge in [0.05, 0.1) is 12.2 Å². The van der Waals surface area contributed by atoms with Crippen molar-refractivity contribution in [3.05, 3.63) is 23.8 Å². The van der Waals surface area contributed by atoms with Gasteiger partial charge < -0.3 is 20.1 Å². The van der Waals surface area contributed by atoms with Crippen LogP contribution in [0.4, 0.5) is 0 Å². The summed E-state index contributed by atoms with van der Waals surface area (Å²) >= 11 is 0. The van der Waals surface area contributed by atoms with Crippen molar-refractivity contribution in [3.8, 4) is 11.5 Å². The molecule has 3 N–H and O–H groups in total. The third kappa shape index (κ3) is 2.38. The van der Waals surface area contributed by atoms with Gasteiger partial charge in [0.1, 0.15) is 11.5 Å². The molecular weight excluding hydrogens is 200 g/mol. The summed E-state index contributed by atoms with van der Waals surface area (Å²) in [6.45, 7) is 1.71. The third-order valence-corrected chi connectivity index (χ3v) is 1.84. The van der Waals surface area contributed by atoms with Crippen LogP contribution in [0.5, 0.6) is 11.5 Å². The van der Waals surface area contributed by atoms with Gasteiger partial charge in [0.25, 0.3) is 0 Å². The van der Waals surface area contributed by atoms with Gasteiger partial charge in [0.2, 0.25) is 0 Å². The van der Waals surface area contributed by atoms with Crippen LogP contribution < -0.4 is 0 Å². The SMILES string of the molecule is CCOC(=O)C(O)c1c(O)cccc1O. The lowest BCUT2D eigenvalue weighted by molar-refractivity contribution is -0.153. The lowest BCUT2D eigenvalue weighted by atomic mass is 10.1. The van der Waals surface area contributed by atoms with Crippen LogP contribution in [0.3, 0.4) is 0 Å². The standard InChI is InChI=1S/C10H12O5/c1-2-15-10(14)9(13)8-6(11)4-3-5-7(8)12/h3-5,9,11-13H,2H2,1H3. The monoisotopic (exact) mass is 212 g/mol. The van der Waals surface area contributed by atoms with Crippen LogP contribution in [-0.2, 0) is 9.53 Å². The molecule has 1 rings (SSSR count). The fraction of sp³-hybridized carbons (Fsp3) is 0.300. The van der Waals surface area contributed by atoms with Crippen LogP contribution in [0.2, 0.25) is 0 Å². The molecule has 0 bridgehead atoms. The summed E-state index contributed by atoms with van der Waals surface area (Å²) < 4.78 is 4.56. The molecule has 0 saturated carbocycles. The van der Waals surface area contributed by atoms with E-state index in [1.165, 1.54) is 18.2 Å². The number of phenolic OH excluding ortho intramolecular Hbond substituents is 2. The molecule has 0 spiro atoms. The van der Waals surface area contributed by atoms with Gasteiger partial charge in [-0.05, 0) is 19.1 Å². The Morgan fingerprint density at radius 2 is 1.93 bits per heavy atom. The minimum absolute atomic E-state index is 0.115. The van der Waals surface area contributed by atoms with Gasteiger partial charge in [0, 0.05) is 0 Å². The molecule has 5 heteroatoms. The van der Waals surface area contributed by atoms with E-state index in [2.05, 4.69) is 4.74 Å². The summed E-state index contributed by atoms with van der Waals surface area (Å²) in [6, 6.07) is 3.92. The zero-order chi connectivity index (χ0) is 11.4. The molecule has 0 aromatic heterocycles. The Bertz CT molecular complexity index is 341. The first-order chi connectivity index (χ1) is 7.07. The number of hydrogen-bond acceptors (Lipinski definition) is 5. The van der Waals surface area contributed by atoms with Crippen LogP contribution in [0.15, 0.2) is 18.2 Å². The molecule has 1 aromatic carbocycles. The van der Waals surface area contributed by atoms with Crippen LogP contribution in [-0.4, -0.2) is 27.9 Å². The van der Waals surface area contributed by atoms with Crippen LogP contribution in [0.25, 0.3) is 0 Å². The molecule has 82 valence electrons. The summed E-state index contributed by atoms with van der Waals surface area (Å²) in [5.41, 5.74) is -0.240. The van der Waals surface area contributed by atoms with E-state index in [1.807, 2.05) is 0 Å². The minimum atomic E-state index is -1.67. The second-order valence-electron chi connectivity index (χ2n) is 2.86. The number of benzene rings is 1. The Morgan fingerprint density at radius 3 is 2.40 bits per heavy atom. The van der Waals surface area contributed by atoms with E-state index in [-0.39, 0.29) is 23.7 Å². The maximum absolute atomic E-state index is 11.2. The zero-order valence-electron chi connectivity index (χ0n) is 8.17. The average molecular weight is 212 g/mol. The second kappa shape index (κ2) is 4.65. The normalized spacial score (nSPS) is 12.1. The van der Waals surface area contributed by atoms with Crippen molar-refractivity contribution < 1.29 is 24.9 Å². The van der Waals surface area contributed by atoms with Crippen molar-refractivity contribution in [3.63, 3.8) is 0 Å². The molecule has 0 radical (unpaired) electrons. The van der Waals surface area contributed by atoms with Crippen LogP contribution in [0.1, 0.15) is 18.6 Å². The topological polar surface area (TPSA) is 87.0 Å². The van der Waals surface area contributed by atoms with Crippen molar-refractivity contribution >= 4 is 5.97 Å². The minimum Gasteiger partial charge on any atom is -0.507 e. The van der Waals surface area contributed by atoms with E-state index < -0.39 is 12.1 Å². The molecule has 0 heterocycles. The summed E-state index contributed by atoms with van der Waals surface area (Å²) in [4.78, 5) is 11.2. The lowest BCUT2D eigenvalue weighted by Crippen LogP contribution is -2.15. The molecule has 5 nitrogen and oxygen atoms in total. The predicted molar refractivity (Wildman–Crippen MR) is 51.4 cm³/mol. The maximum atomic E-state index is 11.2. The number of ether oxygens (including phenoxy) is 1. The Hall–Kier alpha value is -1.75. The molecule has 15 heavy (non-hydrogen) atoms. The number of carbonyl (C=O) groups excluding carboxylic acids is 1. The summed E-state index contributed by atoms with van der Waals surface area (Å²) in [5, 5.41) is 28.2. The highest BCUT2D eigenvalue weighted by atomic mass is 16.5.